The summed E-state index contributed by atoms with van der Waals surface area (Å²) in [6, 6.07) is 3.91. The Morgan fingerprint density at radius 1 is 1.20 bits per heavy atom. The van der Waals surface area contributed by atoms with Crippen molar-refractivity contribution in [3.8, 4) is 11.5 Å². The number of alkyl halides is 1. The summed E-state index contributed by atoms with van der Waals surface area (Å²) in [5.74, 6) is 2.33. The molecule has 0 aromatic heterocycles. The first-order valence-electron chi connectivity index (χ1n) is 7.21. The molecule has 2 nitrogen and oxygen atoms in total. The van der Waals surface area contributed by atoms with Crippen LogP contribution in [-0.2, 0) is 0 Å². The predicted molar refractivity (Wildman–Crippen MR) is 87.0 cm³/mol. The van der Waals surface area contributed by atoms with Crippen molar-refractivity contribution >= 4 is 27.5 Å². The molecule has 0 amide bonds. The molecule has 112 valence electrons. The van der Waals surface area contributed by atoms with Crippen molar-refractivity contribution in [1.82, 2.24) is 0 Å². The van der Waals surface area contributed by atoms with E-state index in [0.717, 1.165) is 33.9 Å². The van der Waals surface area contributed by atoms with E-state index in [1.54, 1.807) is 14.2 Å². The topological polar surface area (TPSA) is 18.5 Å². The fourth-order valence-corrected chi connectivity index (χ4v) is 3.98. The zero-order valence-electron chi connectivity index (χ0n) is 12.1. The van der Waals surface area contributed by atoms with Crippen LogP contribution in [0.2, 0.25) is 0 Å². The highest BCUT2D eigenvalue weighted by Crippen LogP contribution is 2.41. The number of benzene rings is 1. The van der Waals surface area contributed by atoms with Gasteiger partial charge < -0.3 is 9.47 Å². The highest BCUT2D eigenvalue weighted by molar-refractivity contribution is 9.10. The molecule has 0 N–H and O–H groups in total. The highest BCUT2D eigenvalue weighted by Gasteiger charge is 2.20. The summed E-state index contributed by atoms with van der Waals surface area (Å²) in [5.41, 5.74) is 1.09. The molecule has 0 bridgehead atoms. The van der Waals surface area contributed by atoms with Gasteiger partial charge in [-0.05, 0) is 36.5 Å². The Morgan fingerprint density at radius 3 is 2.40 bits per heavy atom. The van der Waals surface area contributed by atoms with Crippen LogP contribution in [-0.4, -0.2) is 14.2 Å². The number of halogens is 2. The Balaban J connectivity index is 2.06. The second-order valence-electron chi connectivity index (χ2n) is 5.42. The van der Waals surface area contributed by atoms with E-state index in [2.05, 4.69) is 15.9 Å². The van der Waals surface area contributed by atoms with Gasteiger partial charge in [0, 0.05) is 4.47 Å². The SMILES string of the molecule is COc1cc(Br)c(C(Cl)CCC2CCCC2)cc1OC. The van der Waals surface area contributed by atoms with Crippen molar-refractivity contribution in [3.05, 3.63) is 22.2 Å². The zero-order chi connectivity index (χ0) is 14.5. The summed E-state index contributed by atoms with van der Waals surface area (Å²) in [4.78, 5) is 0. The summed E-state index contributed by atoms with van der Waals surface area (Å²) in [6.45, 7) is 0. The lowest BCUT2D eigenvalue weighted by Crippen LogP contribution is -2.00. The van der Waals surface area contributed by atoms with Crippen LogP contribution in [0.3, 0.4) is 0 Å². The number of ether oxygens (including phenoxy) is 2. The van der Waals surface area contributed by atoms with Crippen molar-refractivity contribution in [2.75, 3.05) is 14.2 Å². The molecule has 2 rings (SSSR count). The van der Waals surface area contributed by atoms with Gasteiger partial charge >= 0.3 is 0 Å². The maximum Gasteiger partial charge on any atom is 0.161 e. The van der Waals surface area contributed by atoms with E-state index in [0.29, 0.717) is 0 Å². The largest absolute Gasteiger partial charge is 0.493 e. The standard InChI is InChI=1S/C16H22BrClO2/c1-19-15-9-12(13(17)10-16(15)20-2)14(18)8-7-11-5-3-4-6-11/h9-11,14H,3-8H2,1-2H3. The fraction of sp³-hybridized carbons (Fsp3) is 0.625. The molecule has 1 aliphatic rings. The third-order valence-electron chi connectivity index (χ3n) is 4.14. The third-order valence-corrected chi connectivity index (χ3v) is 5.28. The van der Waals surface area contributed by atoms with E-state index in [9.17, 15) is 0 Å². The summed E-state index contributed by atoms with van der Waals surface area (Å²) >= 11 is 10.2. The Kier molecular flexibility index (Phi) is 6.03. The fourth-order valence-electron chi connectivity index (χ4n) is 2.95. The summed E-state index contributed by atoms with van der Waals surface area (Å²) in [6.07, 6.45) is 7.75. The molecule has 0 radical (unpaired) electrons. The van der Waals surface area contributed by atoms with Crippen molar-refractivity contribution in [2.45, 2.75) is 43.9 Å². The van der Waals surface area contributed by atoms with E-state index in [1.807, 2.05) is 12.1 Å². The molecule has 1 unspecified atom stereocenters. The van der Waals surface area contributed by atoms with E-state index >= 15 is 0 Å². The van der Waals surface area contributed by atoms with E-state index in [4.69, 9.17) is 21.1 Å². The molecular formula is C16H22BrClO2. The molecule has 1 saturated carbocycles. The Hall–Kier alpha value is -0.410. The highest BCUT2D eigenvalue weighted by atomic mass is 79.9. The lowest BCUT2D eigenvalue weighted by atomic mass is 9.98. The van der Waals surface area contributed by atoms with Crippen LogP contribution in [0, 0.1) is 5.92 Å². The van der Waals surface area contributed by atoms with Crippen LogP contribution in [0.15, 0.2) is 16.6 Å². The minimum absolute atomic E-state index is 0.0183. The second-order valence-corrected chi connectivity index (χ2v) is 6.81. The maximum atomic E-state index is 6.59. The van der Waals surface area contributed by atoms with Gasteiger partial charge in [0.1, 0.15) is 0 Å². The van der Waals surface area contributed by atoms with Gasteiger partial charge in [-0.1, -0.05) is 41.6 Å². The minimum Gasteiger partial charge on any atom is -0.493 e. The first-order chi connectivity index (χ1) is 9.65. The summed E-state index contributed by atoms with van der Waals surface area (Å²) < 4.78 is 11.6. The Bertz CT molecular complexity index is 444. The Morgan fingerprint density at radius 2 is 1.80 bits per heavy atom. The monoisotopic (exact) mass is 360 g/mol. The number of hydrogen-bond donors (Lipinski definition) is 0. The minimum atomic E-state index is 0.0183. The summed E-state index contributed by atoms with van der Waals surface area (Å²) in [7, 11) is 3.29. The molecule has 0 aliphatic heterocycles. The molecule has 1 fully saturated rings. The van der Waals surface area contributed by atoms with Crippen molar-refractivity contribution in [3.63, 3.8) is 0 Å². The van der Waals surface area contributed by atoms with Crippen LogP contribution in [0.4, 0.5) is 0 Å². The molecule has 20 heavy (non-hydrogen) atoms. The second kappa shape index (κ2) is 7.56. The van der Waals surface area contributed by atoms with Crippen LogP contribution < -0.4 is 9.47 Å². The molecule has 1 atom stereocenters. The van der Waals surface area contributed by atoms with Crippen LogP contribution in [0.25, 0.3) is 0 Å². The Labute approximate surface area is 134 Å². The van der Waals surface area contributed by atoms with E-state index in [1.165, 1.54) is 32.1 Å². The lowest BCUT2D eigenvalue weighted by molar-refractivity contribution is 0.354. The molecule has 4 heteroatoms. The first-order valence-corrected chi connectivity index (χ1v) is 8.44. The zero-order valence-corrected chi connectivity index (χ0v) is 14.5. The number of hydrogen-bond acceptors (Lipinski definition) is 2. The molecule has 1 aromatic rings. The smallest absolute Gasteiger partial charge is 0.161 e. The van der Waals surface area contributed by atoms with Gasteiger partial charge in [-0.3, -0.25) is 0 Å². The molecular weight excluding hydrogens is 340 g/mol. The van der Waals surface area contributed by atoms with Crippen molar-refractivity contribution in [1.29, 1.82) is 0 Å². The van der Waals surface area contributed by atoms with Crippen molar-refractivity contribution in [2.24, 2.45) is 5.92 Å². The molecule has 0 heterocycles. The van der Waals surface area contributed by atoms with Gasteiger partial charge in [-0.2, -0.15) is 0 Å². The predicted octanol–water partition coefficient (Wildman–Crippen LogP) is 5.72. The molecule has 1 aliphatic carbocycles. The normalized spacial score (nSPS) is 17.2. The first kappa shape index (κ1) is 16.0. The lowest BCUT2D eigenvalue weighted by Gasteiger charge is -2.17. The molecule has 0 spiro atoms. The quantitative estimate of drug-likeness (QED) is 0.604. The average molecular weight is 362 g/mol. The molecule has 1 aromatic carbocycles. The van der Waals surface area contributed by atoms with Crippen LogP contribution >= 0.6 is 27.5 Å². The van der Waals surface area contributed by atoms with E-state index in [-0.39, 0.29) is 5.38 Å². The van der Waals surface area contributed by atoms with Gasteiger partial charge in [0.2, 0.25) is 0 Å². The van der Waals surface area contributed by atoms with Gasteiger partial charge in [0.05, 0.1) is 19.6 Å². The van der Waals surface area contributed by atoms with Crippen LogP contribution in [0.1, 0.15) is 49.5 Å². The molecule has 0 saturated heterocycles. The maximum absolute atomic E-state index is 6.59. The average Bonchev–Trinajstić information content (AvgIpc) is 2.97. The van der Waals surface area contributed by atoms with Crippen molar-refractivity contribution < 1.29 is 9.47 Å². The number of rotatable bonds is 6. The van der Waals surface area contributed by atoms with Gasteiger partial charge in [-0.25, -0.2) is 0 Å². The third kappa shape index (κ3) is 3.82. The van der Waals surface area contributed by atoms with Gasteiger partial charge in [0.25, 0.3) is 0 Å². The summed E-state index contributed by atoms with van der Waals surface area (Å²) in [5, 5.41) is 0.0183. The van der Waals surface area contributed by atoms with E-state index < -0.39 is 0 Å². The van der Waals surface area contributed by atoms with Crippen LogP contribution in [0.5, 0.6) is 11.5 Å². The number of methoxy groups -OCH3 is 2. The van der Waals surface area contributed by atoms with Gasteiger partial charge in [-0.15, -0.1) is 11.6 Å². The van der Waals surface area contributed by atoms with Gasteiger partial charge in [0.15, 0.2) is 11.5 Å².